The smallest absolute Gasteiger partial charge is 0.328 e. The highest BCUT2D eigenvalue weighted by Crippen LogP contribution is 2.23. The molecule has 10 nitrogen and oxygen atoms in total. The Hall–Kier alpha value is -4.97. The summed E-state index contributed by atoms with van der Waals surface area (Å²) in [7, 11) is -4.05. The number of carbonyl (C=O) groups is 3. The van der Waals surface area contributed by atoms with Gasteiger partial charge < -0.3 is 21.3 Å². The molecule has 5 N–H and O–H groups in total. The lowest BCUT2D eigenvalue weighted by molar-refractivity contribution is 0.0953. The van der Waals surface area contributed by atoms with Crippen LogP contribution >= 0.6 is 0 Å². The molecule has 0 aromatic heterocycles. The van der Waals surface area contributed by atoms with Gasteiger partial charge in [-0.05, 0) is 54.3 Å². The number of halogens is 1. The molecule has 0 radical (unpaired) electrons. The van der Waals surface area contributed by atoms with E-state index in [2.05, 4.69) is 21.3 Å². The summed E-state index contributed by atoms with van der Waals surface area (Å²) in [6, 6.07) is 20.9. The second kappa shape index (κ2) is 12.3. The van der Waals surface area contributed by atoms with Crippen molar-refractivity contribution in [1.82, 2.24) is 15.4 Å². The first kappa shape index (κ1) is 28.0. The number of fused-ring (bicyclic) bond motifs is 1. The number of anilines is 2. The molecule has 0 aliphatic heterocycles. The van der Waals surface area contributed by atoms with Crippen LogP contribution in [0.1, 0.15) is 15.9 Å². The first-order valence-corrected chi connectivity index (χ1v) is 13.6. The molecule has 5 amide bonds. The Morgan fingerprint density at radius 1 is 0.750 bits per heavy atom. The lowest BCUT2D eigenvalue weighted by atomic mass is 10.1. The average Bonchev–Trinajstić information content (AvgIpc) is 2.92. The van der Waals surface area contributed by atoms with E-state index >= 15 is 0 Å². The average molecular weight is 564 g/mol. The maximum absolute atomic E-state index is 14.6. The molecule has 0 spiro atoms. The minimum absolute atomic E-state index is 0.0102. The number of hydrogen-bond acceptors (Lipinski definition) is 5. The molecule has 206 valence electrons. The SMILES string of the molecule is Cc1cccc(S(=O)(=O)NC(=O)NCCNC(=O)c2ccc(NC(=O)Nc3cccc4ccccc34)c(F)c2)c1. The van der Waals surface area contributed by atoms with Gasteiger partial charge in [-0.15, -0.1) is 0 Å². The van der Waals surface area contributed by atoms with E-state index in [0.717, 1.165) is 22.4 Å². The van der Waals surface area contributed by atoms with Crippen LogP contribution in [0.2, 0.25) is 0 Å². The van der Waals surface area contributed by atoms with Gasteiger partial charge in [0.2, 0.25) is 0 Å². The second-order valence-electron chi connectivity index (χ2n) is 8.73. The second-order valence-corrected chi connectivity index (χ2v) is 10.4. The van der Waals surface area contributed by atoms with Crippen LogP contribution in [-0.4, -0.2) is 39.5 Å². The van der Waals surface area contributed by atoms with E-state index in [1.54, 1.807) is 31.2 Å². The van der Waals surface area contributed by atoms with Crippen LogP contribution in [0.5, 0.6) is 0 Å². The Morgan fingerprint density at radius 3 is 2.23 bits per heavy atom. The van der Waals surface area contributed by atoms with Crippen molar-refractivity contribution in [3.05, 3.63) is 102 Å². The normalized spacial score (nSPS) is 10.9. The maximum Gasteiger partial charge on any atom is 0.328 e. The predicted molar refractivity (Wildman–Crippen MR) is 150 cm³/mol. The molecule has 0 aliphatic carbocycles. The van der Waals surface area contributed by atoms with Crippen LogP contribution in [0.3, 0.4) is 0 Å². The molecule has 0 atom stereocenters. The number of hydrogen-bond donors (Lipinski definition) is 5. The fraction of sp³-hybridized carbons (Fsp3) is 0.107. The van der Waals surface area contributed by atoms with Crippen LogP contribution in [0.25, 0.3) is 10.8 Å². The first-order chi connectivity index (χ1) is 19.1. The molecule has 4 rings (SSSR count). The van der Waals surface area contributed by atoms with E-state index in [-0.39, 0.29) is 29.2 Å². The molecule has 0 saturated carbocycles. The quantitative estimate of drug-likeness (QED) is 0.202. The summed E-state index contributed by atoms with van der Waals surface area (Å²) in [4.78, 5) is 36.8. The zero-order chi connectivity index (χ0) is 28.7. The van der Waals surface area contributed by atoms with Crippen LogP contribution in [0, 0.1) is 12.7 Å². The lowest BCUT2D eigenvalue weighted by Gasteiger charge is -2.12. The molecule has 12 heteroatoms. The summed E-state index contributed by atoms with van der Waals surface area (Å²) in [5.41, 5.74) is 1.14. The van der Waals surface area contributed by atoms with Crippen LogP contribution < -0.4 is 26.0 Å². The number of carbonyl (C=O) groups excluding carboxylic acids is 3. The highest BCUT2D eigenvalue weighted by Gasteiger charge is 2.17. The number of aryl methyl sites for hydroxylation is 1. The van der Waals surface area contributed by atoms with Crippen molar-refractivity contribution >= 4 is 50.1 Å². The van der Waals surface area contributed by atoms with Crippen molar-refractivity contribution in [2.24, 2.45) is 0 Å². The Labute approximate surface area is 230 Å². The molecular formula is C28H26FN5O5S. The van der Waals surface area contributed by atoms with E-state index < -0.39 is 33.8 Å². The third kappa shape index (κ3) is 7.11. The Morgan fingerprint density at radius 2 is 1.45 bits per heavy atom. The molecule has 0 aliphatic rings. The van der Waals surface area contributed by atoms with Crippen LogP contribution in [0.15, 0.2) is 89.8 Å². The van der Waals surface area contributed by atoms with Crippen molar-refractivity contribution in [2.45, 2.75) is 11.8 Å². The van der Waals surface area contributed by atoms with E-state index in [0.29, 0.717) is 5.69 Å². The number of sulfonamides is 1. The number of amides is 5. The van der Waals surface area contributed by atoms with Gasteiger partial charge in [0.1, 0.15) is 5.82 Å². The molecule has 0 saturated heterocycles. The van der Waals surface area contributed by atoms with E-state index in [1.165, 1.54) is 24.3 Å². The van der Waals surface area contributed by atoms with E-state index in [1.807, 2.05) is 35.1 Å². The van der Waals surface area contributed by atoms with Gasteiger partial charge in [0.15, 0.2) is 0 Å². The third-order valence-electron chi connectivity index (χ3n) is 5.74. The molecule has 0 fully saturated rings. The molecule has 4 aromatic rings. The topological polar surface area (TPSA) is 146 Å². The number of benzene rings is 4. The zero-order valence-corrected chi connectivity index (χ0v) is 22.1. The molecular weight excluding hydrogens is 537 g/mol. The maximum atomic E-state index is 14.6. The van der Waals surface area contributed by atoms with Crippen molar-refractivity contribution in [2.75, 3.05) is 23.7 Å². The summed E-state index contributed by atoms with van der Waals surface area (Å²) < 4.78 is 41.1. The number of rotatable bonds is 8. The Balaban J connectivity index is 1.25. The van der Waals surface area contributed by atoms with Gasteiger partial charge in [0, 0.05) is 24.0 Å². The summed E-state index contributed by atoms with van der Waals surface area (Å²) >= 11 is 0. The van der Waals surface area contributed by atoms with Gasteiger partial charge in [-0.3, -0.25) is 4.79 Å². The van der Waals surface area contributed by atoms with Gasteiger partial charge in [-0.25, -0.2) is 27.1 Å². The third-order valence-corrected chi connectivity index (χ3v) is 7.07. The molecule has 4 aromatic carbocycles. The molecule has 0 heterocycles. The van der Waals surface area contributed by atoms with Crippen molar-refractivity contribution in [3.8, 4) is 0 Å². The molecule has 40 heavy (non-hydrogen) atoms. The minimum atomic E-state index is -4.05. The first-order valence-electron chi connectivity index (χ1n) is 12.1. The Bertz CT molecular complexity index is 1690. The fourth-order valence-corrected chi connectivity index (χ4v) is 4.85. The molecule has 0 bridgehead atoms. The standard InChI is InChI=1S/C28H26FN5O5S/c1-18-6-4-9-21(16-18)40(38,39)34-27(36)31-15-14-30-26(35)20-12-13-25(23(29)17-20)33-28(37)32-24-11-5-8-19-7-2-3-10-22(19)24/h2-13,16-17H,14-15H2,1H3,(H,30,35)(H2,31,34,36)(H2,32,33,37). The van der Waals surface area contributed by atoms with Gasteiger partial charge >= 0.3 is 12.1 Å². The van der Waals surface area contributed by atoms with Crippen LogP contribution in [0.4, 0.5) is 25.4 Å². The zero-order valence-electron chi connectivity index (χ0n) is 21.3. The molecule has 0 unspecified atom stereocenters. The number of urea groups is 2. The Kier molecular flexibility index (Phi) is 8.60. The van der Waals surface area contributed by atoms with Crippen LogP contribution in [-0.2, 0) is 10.0 Å². The summed E-state index contributed by atoms with van der Waals surface area (Å²) in [5, 5.41) is 11.7. The monoisotopic (exact) mass is 563 g/mol. The van der Waals surface area contributed by atoms with Crippen molar-refractivity contribution < 1.29 is 27.2 Å². The minimum Gasteiger partial charge on any atom is -0.350 e. The van der Waals surface area contributed by atoms with Gasteiger partial charge in [-0.1, -0.05) is 48.5 Å². The largest absolute Gasteiger partial charge is 0.350 e. The predicted octanol–water partition coefficient (Wildman–Crippen LogP) is 4.35. The summed E-state index contributed by atoms with van der Waals surface area (Å²) in [5.74, 6) is -1.44. The summed E-state index contributed by atoms with van der Waals surface area (Å²) in [6.07, 6.45) is 0. The van der Waals surface area contributed by atoms with Gasteiger partial charge in [-0.2, -0.15) is 0 Å². The van der Waals surface area contributed by atoms with Gasteiger partial charge in [0.05, 0.1) is 16.3 Å². The number of nitrogens with one attached hydrogen (secondary N) is 5. The lowest BCUT2D eigenvalue weighted by Crippen LogP contribution is -2.42. The van der Waals surface area contributed by atoms with Gasteiger partial charge in [0.25, 0.3) is 15.9 Å². The highest BCUT2D eigenvalue weighted by molar-refractivity contribution is 7.90. The highest BCUT2D eigenvalue weighted by atomic mass is 32.2. The van der Waals surface area contributed by atoms with Crippen molar-refractivity contribution in [1.29, 1.82) is 0 Å². The summed E-state index contributed by atoms with van der Waals surface area (Å²) in [6.45, 7) is 1.59. The van der Waals surface area contributed by atoms with E-state index in [4.69, 9.17) is 0 Å². The fourth-order valence-electron chi connectivity index (χ4n) is 3.82. The van der Waals surface area contributed by atoms with E-state index in [9.17, 15) is 27.2 Å². The van der Waals surface area contributed by atoms with Crippen molar-refractivity contribution in [3.63, 3.8) is 0 Å².